The van der Waals surface area contributed by atoms with Gasteiger partial charge >= 0.3 is 0 Å². The van der Waals surface area contributed by atoms with E-state index in [1.807, 2.05) is 43.3 Å². The van der Waals surface area contributed by atoms with Crippen molar-refractivity contribution in [3.05, 3.63) is 68.6 Å². The summed E-state index contributed by atoms with van der Waals surface area (Å²) in [6.07, 6.45) is 0. The fourth-order valence-corrected chi connectivity index (χ4v) is 4.47. The van der Waals surface area contributed by atoms with Gasteiger partial charge in [0.15, 0.2) is 5.13 Å². The van der Waals surface area contributed by atoms with Crippen LogP contribution in [0.2, 0.25) is 0 Å². The minimum absolute atomic E-state index is 0.0579. The Kier molecular flexibility index (Phi) is 6.20. The molecule has 9 heteroatoms. The lowest BCUT2D eigenvalue weighted by Gasteiger charge is -2.33. The molecule has 0 spiro atoms. The number of hydrogen-bond donors (Lipinski definition) is 1. The molecule has 8 nitrogen and oxygen atoms in total. The first-order valence-corrected chi connectivity index (χ1v) is 11.3. The average molecular weight is 452 g/mol. The molecule has 0 unspecified atom stereocenters. The van der Waals surface area contributed by atoms with Gasteiger partial charge in [0.25, 0.3) is 11.6 Å². The van der Waals surface area contributed by atoms with E-state index in [2.05, 4.69) is 21.3 Å². The van der Waals surface area contributed by atoms with E-state index in [4.69, 9.17) is 0 Å². The van der Waals surface area contributed by atoms with E-state index in [9.17, 15) is 14.9 Å². The number of carbonyl (C=O) groups is 1. The predicted molar refractivity (Wildman–Crippen MR) is 128 cm³/mol. The summed E-state index contributed by atoms with van der Waals surface area (Å²) in [5.41, 5.74) is 4.78. The van der Waals surface area contributed by atoms with Crippen LogP contribution >= 0.6 is 11.3 Å². The Morgan fingerprint density at radius 1 is 1.12 bits per heavy atom. The molecule has 0 aliphatic carbocycles. The third-order valence-corrected chi connectivity index (χ3v) is 6.43. The van der Waals surface area contributed by atoms with Crippen molar-refractivity contribution in [3.63, 3.8) is 0 Å². The monoisotopic (exact) mass is 451 g/mol. The molecule has 3 aromatic rings. The summed E-state index contributed by atoms with van der Waals surface area (Å²) in [4.78, 5) is 32.8. The van der Waals surface area contributed by atoms with Gasteiger partial charge in [-0.15, -0.1) is 11.3 Å². The molecule has 1 N–H and O–H groups in total. The average Bonchev–Trinajstić information content (AvgIpc) is 3.23. The molecule has 1 aliphatic heterocycles. The van der Waals surface area contributed by atoms with Gasteiger partial charge in [-0.1, -0.05) is 17.7 Å². The van der Waals surface area contributed by atoms with Gasteiger partial charge in [-0.2, -0.15) is 0 Å². The highest BCUT2D eigenvalue weighted by molar-refractivity contribution is 7.14. The molecule has 4 rings (SSSR count). The van der Waals surface area contributed by atoms with Gasteiger partial charge in [-0.3, -0.25) is 20.2 Å². The summed E-state index contributed by atoms with van der Waals surface area (Å²) in [6, 6.07) is 10.8. The van der Waals surface area contributed by atoms with Gasteiger partial charge in [0, 0.05) is 48.8 Å². The maximum Gasteiger partial charge on any atom is 0.293 e. The number of thiazole rings is 1. The third kappa shape index (κ3) is 4.63. The second-order valence-electron chi connectivity index (χ2n) is 8.06. The molecule has 0 bridgehead atoms. The van der Waals surface area contributed by atoms with E-state index >= 15 is 0 Å². The standard InChI is InChI=1S/C23H25N5O3S/c1-15-4-5-16(2)18(12-15)19-14-32-23(24-19)25-22(29)17-6-7-20(21(13-17)28(30)31)27-10-8-26(3)9-11-27/h4-7,12-14H,8-11H2,1-3H3,(H,24,25,29). The molecule has 0 atom stereocenters. The minimum atomic E-state index is -0.424. The molecule has 1 amide bonds. The van der Waals surface area contributed by atoms with Crippen molar-refractivity contribution >= 4 is 33.8 Å². The quantitative estimate of drug-likeness (QED) is 0.458. The number of nitro benzene ring substituents is 1. The number of nitrogens with one attached hydrogen (secondary N) is 1. The Bertz CT molecular complexity index is 1170. The molecule has 1 aliphatic rings. The van der Waals surface area contributed by atoms with Crippen molar-refractivity contribution in [2.24, 2.45) is 0 Å². The number of rotatable bonds is 5. The van der Waals surface area contributed by atoms with Crippen molar-refractivity contribution in [2.75, 3.05) is 43.4 Å². The van der Waals surface area contributed by atoms with Gasteiger partial charge < -0.3 is 9.80 Å². The van der Waals surface area contributed by atoms with Crippen LogP contribution in [0.25, 0.3) is 11.3 Å². The molecule has 0 saturated carbocycles. The Morgan fingerprint density at radius 3 is 2.59 bits per heavy atom. The van der Waals surface area contributed by atoms with Gasteiger partial charge in [-0.05, 0) is 44.7 Å². The maximum absolute atomic E-state index is 12.8. The van der Waals surface area contributed by atoms with Gasteiger partial charge in [0.05, 0.1) is 10.6 Å². The van der Waals surface area contributed by atoms with Crippen LogP contribution in [0, 0.1) is 24.0 Å². The van der Waals surface area contributed by atoms with Crippen molar-refractivity contribution in [1.29, 1.82) is 0 Å². The van der Waals surface area contributed by atoms with Gasteiger partial charge in [-0.25, -0.2) is 4.98 Å². The maximum atomic E-state index is 12.8. The number of piperazine rings is 1. The number of carbonyl (C=O) groups excluding carboxylic acids is 1. The highest BCUT2D eigenvalue weighted by atomic mass is 32.1. The largest absolute Gasteiger partial charge is 0.363 e. The van der Waals surface area contributed by atoms with E-state index in [-0.39, 0.29) is 11.3 Å². The zero-order chi connectivity index (χ0) is 22.8. The molecule has 1 aromatic heterocycles. The van der Waals surface area contributed by atoms with Crippen molar-refractivity contribution < 1.29 is 9.72 Å². The molecule has 32 heavy (non-hydrogen) atoms. The zero-order valence-electron chi connectivity index (χ0n) is 18.3. The zero-order valence-corrected chi connectivity index (χ0v) is 19.1. The van der Waals surface area contributed by atoms with Crippen LogP contribution in [0.1, 0.15) is 21.5 Å². The second kappa shape index (κ2) is 9.05. The number of nitrogens with zero attached hydrogens (tertiary/aromatic N) is 4. The van der Waals surface area contributed by atoms with E-state index in [1.165, 1.54) is 17.4 Å². The molecule has 1 saturated heterocycles. The first-order valence-electron chi connectivity index (χ1n) is 10.4. The first kappa shape index (κ1) is 21.9. The highest BCUT2D eigenvalue weighted by Crippen LogP contribution is 2.31. The Morgan fingerprint density at radius 2 is 1.88 bits per heavy atom. The number of likely N-dealkylation sites (N-methyl/N-ethyl adjacent to an activating group) is 1. The summed E-state index contributed by atoms with van der Waals surface area (Å²) >= 11 is 1.33. The predicted octanol–water partition coefficient (Wildman–Crippen LogP) is 4.34. The lowest BCUT2D eigenvalue weighted by molar-refractivity contribution is -0.384. The second-order valence-corrected chi connectivity index (χ2v) is 8.92. The summed E-state index contributed by atoms with van der Waals surface area (Å²) in [5, 5.41) is 16.8. The van der Waals surface area contributed by atoms with Crippen LogP contribution in [0.15, 0.2) is 41.8 Å². The van der Waals surface area contributed by atoms with Gasteiger partial charge in [0.2, 0.25) is 0 Å². The van der Waals surface area contributed by atoms with Crippen LogP contribution in [0.5, 0.6) is 0 Å². The Hall–Kier alpha value is -3.30. The smallest absolute Gasteiger partial charge is 0.293 e. The molecular formula is C23H25N5O3S. The third-order valence-electron chi connectivity index (χ3n) is 5.67. The van der Waals surface area contributed by atoms with Gasteiger partial charge in [0.1, 0.15) is 5.69 Å². The molecule has 2 heterocycles. The van der Waals surface area contributed by atoms with Crippen LogP contribution in [-0.4, -0.2) is 53.9 Å². The molecule has 2 aromatic carbocycles. The number of nitro groups is 1. The summed E-state index contributed by atoms with van der Waals surface area (Å²) in [7, 11) is 2.03. The summed E-state index contributed by atoms with van der Waals surface area (Å²) < 4.78 is 0. The number of aryl methyl sites for hydroxylation is 2. The van der Waals surface area contributed by atoms with E-state index < -0.39 is 10.8 Å². The minimum Gasteiger partial charge on any atom is -0.363 e. The van der Waals surface area contributed by atoms with Crippen LogP contribution in [0.4, 0.5) is 16.5 Å². The molecule has 0 radical (unpaired) electrons. The molecule has 1 fully saturated rings. The van der Waals surface area contributed by atoms with Crippen LogP contribution in [-0.2, 0) is 0 Å². The van der Waals surface area contributed by atoms with E-state index in [0.717, 1.165) is 35.5 Å². The number of amides is 1. The number of aromatic nitrogens is 1. The molecular weight excluding hydrogens is 426 g/mol. The van der Waals surface area contributed by atoms with Crippen molar-refractivity contribution in [3.8, 4) is 11.3 Å². The normalized spacial score (nSPS) is 14.4. The lowest BCUT2D eigenvalue weighted by atomic mass is 10.0. The van der Waals surface area contributed by atoms with Crippen LogP contribution in [0.3, 0.4) is 0 Å². The number of benzene rings is 2. The first-order chi connectivity index (χ1) is 15.3. The number of hydrogen-bond acceptors (Lipinski definition) is 7. The van der Waals surface area contributed by atoms with Crippen LogP contribution < -0.4 is 10.2 Å². The Balaban J connectivity index is 1.54. The number of anilines is 2. The fourth-order valence-electron chi connectivity index (χ4n) is 3.76. The lowest BCUT2D eigenvalue weighted by Crippen LogP contribution is -2.44. The fraction of sp³-hybridized carbons (Fsp3) is 0.304. The SMILES string of the molecule is Cc1ccc(C)c(-c2csc(NC(=O)c3ccc(N4CCN(C)CC4)c([N+](=O)[O-])c3)n2)c1. The van der Waals surface area contributed by atoms with Crippen molar-refractivity contribution in [2.45, 2.75) is 13.8 Å². The summed E-state index contributed by atoms with van der Waals surface area (Å²) in [6.45, 7) is 7.15. The summed E-state index contributed by atoms with van der Waals surface area (Å²) in [5.74, 6) is -0.417. The topological polar surface area (TPSA) is 91.6 Å². The van der Waals surface area contributed by atoms with E-state index in [1.54, 1.807) is 12.1 Å². The highest BCUT2D eigenvalue weighted by Gasteiger charge is 2.24. The Labute approximate surface area is 190 Å². The molecule has 166 valence electrons. The van der Waals surface area contributed by atoms with E-state index in [0.29, 0.717) is 23.9 Å². The van der Waals surface area contributed by atoms with Crippen molar-refractivity contribution in [1.82, 2.24) is 9.88 Å².